The molecule has 13 heavy (non-hydrogen) atoms. The summed E-state index contributed by atoms with van der Waals surface area (Å²) in [5.41, 5.74) is 0. The Morgan fingerprint density at radius 2 is 2.08 bits per heavy atom. The number of thiocarbonyl (C=S) groups is 1. The summed E-state index contributed by atoms with van der Waals surface area (Å²) in [5, 5.41) is 2.26. The molecule has 0 spiro atoms. The zero-order valence-electron chi connectivity index (χ0n) is 7.66. The Morgan fingerprint density at radius 1 is 1.38 bits per heavy atom. The van der Waals surface area contributed by atoms with Crippen LogP contribution in [0.15, 0.2) is 4.99 Å². The molecule has 1 aliphatic heterocycles. The Kier molecular flexibility index (Phi) is 4.65. The third-order valence-corrected chi connectivity index (χ3v) is 2.34. The van der Waals surface area contributed by atoms with Crippen LogP contribution < -0.4 is 0 Å². The first-order valence-corrected chi connectivity index (χ1v) is 5.07. The van der Waals surface area contributed by atoms with Gasteiger partial charge in [-0.2, -0.15) is 0 Å². The van der Waals surface area contributed by atoms with E-state index in [0.29, 0.717) is 13.0 Å². The average Bonchev–Trinajstić information content (AvgIpc) is 2.19. The van der Waals surface area contributed by atoms with E-state index in [1.165, 1.54) is 6.42 Å². The van der Waals surface area contributed by atoms with Crippen LogP contribution in [0.3, 0.4) is 0 Å². The van der Waals surface area contributed by atoms with Crippen LogP contribution in [0.2, 0.25) is 0 Å². The van der Waals surface area contributed by atoms with Crippen LogP contribution in [0.25, 0.3) is 0 Å². The molecule has 0 aliphatic carbocycles. The smallest absolute Gasteiger partial charge is 0.224 e. The number of rotatable bonds is 3. The van der Waals surface area contributed by atoms with E-state index in [4.69, 9.17) is 0 Å². The van der Waals surface area contributed by atoms with Crippen molar-refractivity contribution in [3.05, 3.63) is 0 Å². The normalized spacial score (nSPS) is 16.5. The second-order valence-corrected chi connectivity index (χ2v) is 3.35. The van der Waals surface area contributed by atoms with Crippen molar-refractivity contribution in [3.63, 3.8) is 0 Å². The quantitative estimate of drug-likeness (QED) is 0.508. The number of nitrogens with zero attached hydrogens (tertiary/aromatic N) is 2. The van der Waals surface area contributed by atoms with Gasteiger partial charge in [0.15, 0.2) is 0 Å². The van der Waals surface area contributed by atoms with Crippen molar-refractivity contribution in [1.29, 1.82) is 0 Å². The Labute approximate surface area is 83.8 Å². The van der Waals surface area contributed by atoms with Gasteiger partial charge in [-0.1, -0.05) is 0 Å². The highest BCUT2D eigenvalue weighted by molar-refractivity contribution is 7.78. The predicted octanol–water partition coefficient (Wildman–Crippen LogP) is 1.49. The van der Waals surface area contributed by atoms with Crippen molar-refractivity contribution < 1.29 is 4.79 Å². The van der Waals surface area contributed by atoms with Gasteiger partial charge >= 0.3 is 0 Å². The molecular weight excluding hydrogens is 184 g/mol. The minimum Gasteiger partial charge on any atom is -0.343 e. The zero-order valence-corrected chi connectivity index (χ0v) is 8.48. The van der Waals surface area contributed by atoms with Crippen LogP contribution in [0.5, 0.6) is 0 Å². The predicted molar refractivity (Wildman–Crippen MR) is 54.9 cm³/mol. The summed E-state index contributed by atoms with van der Waals surface area (Å²) in [6, 6.07) is 0. The summed E-state index contributed by atoms with van der Waals surface area (Å²) in [6.07, 6.45) is 4.01. The number of amides is 1. The van der Waals surface area contributed by atoms with Crippen LogP contribution >= 0.6 is 12.2 Å². The summed E-state index contributed by atoms with van der Waals surface area (Å²) >= 11 is 4.42. The molecule has 0 aromatic heterocycles. The molecule has 1 aliphatic rings. The second-order valence-electron chi connectivity index (χ2n) is 3.16. The highest BCUT2D eigenvalue weighted by atomic mass is 32.1. The molecule has 0 bridgehead atoms. The van der Waals surface area contributed by atoms with Gasteiger partial charge in [0, 0.05) is 19.5 Å². The summed E-state index contributed by atoms with van der Waals surface area (Å²) < 4.78 is 0. The molecule has 0 aromatic rings. The maximum atomic E-state index is 11.5. The van der Waals surface area contributed by atoms with E-state index in [0.717, 1.165) is 25.9 Å². The van der Waals surface area contributed by atoms with Gasteiger partial charge in [0.1, 0.15) is 0 Å². The van der Waals surface area contributed by atoms with Crippen LogP contribution in [0, 0.1) is 0 Å². The van der Waals surface area contributed by atoms with Gasteiger partial charge in [-0.25, -0.2) is 4.99 Å². The van der Waals surface area contributed by atoms with Crippen molar-refractivity contribution >= 4 is 23.3 Å². The highest BCUT2D eigenvalue weighted by Crippen LogP contribution is 2.09. The Hall–Kier alpha value is -0.730. The van der Waals surface area contributed by atoms with Crippen LogP contribution in [0.4, 0.5) is 0 Å². The number of carbonyl (C=O) groups is 1. The van der Waals surface area contributed by atoms with E-state index in [9.17, 15) is 4.79 Å². The number of hydrogen-bond donors (Lipinski definition) is 0. The Bertz CT molecular complexity index is 218. The average molecular weight is 198 g/mol. The number of hydrogen-bond acceptors (Lipinski definition) is 3. The lowest BCUT2D eigenvalue weighted by atomic mass is 10.1. The molecular formula is C9H14N2OS. The number of aliphatic imine (C=N–C) groups is 1. The monoisotopic (exact) mass is 198 g/mol. The SMILES string of the molecule is O=C(CCN=C=S)N1CCCCC1. The van der Waals surface area contributed by atoms with E-state index in [1.807, 2.05) is 4.90 Å². The molecule has 72 valence electrons. The van der Waals surface area contributed by atoms with Gasteiger partial charge in [0.05, 0.1) is 11.7 Å². The van der Waals surface area contributed by atoms with Gasteiger partial charge in [-0.05, 0) is 31.5 Å². The maximum Gasteiger partial charge on any atom is 0.224 e. The lowest BCUT2D eigenvalue weighted by Gasteiger charge is -2.26. The largest absolute Gasteiger partial charge is 0.343 e. The fraction of sp³-hybridized carbons (Fsp3) is 0.778. The van der Waals surface area contributed by atoms with Crippen LogP contribution in [0.1, 0.15) is 25.7 Å². The molecule has 1 rings (SSSR count). The first-order chi connectivity index (χ1) is 6.34. The molecule has 0 radical (unpaired) electrons. The minimum absolute atomic E-state index is 0.203. The molecule has 0 atom stereocenters. The van der Waals surface area contributed by atoms with E-state index in [-0.39, 0.29) is 5.91 Å². The van der Waals surface area contributed by atoms with Gasteiger partial charge in [0.25, 0.3) is 0 Å². The van der Waals surface area contributed by atoms with E-state index >= 15 is 0 Å². The lowest BCUT2D eigenvalue weighted by Crippen LogP contribution is -2.35. The maximum absolute atomic E-state index is 11.5. The van der Waals surface area contributed by atoms with Gasteiger partial charge < -0.3 is 4.90 Å². The summed E-state index contributed by atoms with van der Waals surface area (Å²) in [5.74, 6) is 0.203. The topological polar surface area (TPSA) is 32.7 Å². The second kappa shape index (κ2) is 5.84. The molecule has 1 amide bonds. The van der Waals surface area contributed by atoms with Crippen molar-refractivity contribution in [2.24, 2.45) is 4.99 Å². The van der Waals surface area contributed by atoms with E-state index in [1.54, 1.807) is 0 Å². The molecule has 4 heteroatoms. The minimum atomic E-state index is 0.203. The fourth-order valence-corrected chi connectivity index (χ4v) is 1.59. The summed E-state index contributed by atoms with van der Waals surface area (Å²) in [4.78, 5) is 17.1. The van der Waals surface area contributed by atoms with Crippen molar-refractivity contribution in [1.82, 2.24) is 4.90 Å². The number of isothiocyanates is 1. The zero-order chi connectivity index (χ0) is 9.52. The molecule has 0 unspecified atom stereocenters. The van der Waals surface area contributed by atoms with Crippen molar-refractivity contribution in [2.75, 3.05) is 19.6 Å². The fourth-order valence-electron chi connectivity index (χ4n) is 1.50. The van der Waals surface area contributed by atoms with Crippen LogP contribution in [-0.4, -0.2) is 35.6 Å². The molecule has 1 saturated heterocycles. The van der Waals surface area contributed by atoms with Crippen molar-refractivity contribution in [2.45, 2.75) is 25.7 Å². The third-order valence-electron chi connectivity index (χ3n) is 2.21. The molecule has 3 nitrogen and oxygen atoms in total. The standard InChI is InChI=1S/C9H14N2OS/c12-9(4-5-10-8-13)11-6-2-1-3-7-11/h1-7H2. The Morgan fingerprint density at radius 3 is 2.69 bits per heavy atom. The van der Waals surface area contributed by atoms with Crippen molar-refractivity contribution in [3.8, 4) is 0 Å². The first-order valence-electron chi connectivity index (χ1n) is 4.66. The van der Waals surface area contributed by atoms with E-state index < -0.39 is 0 Å². The molecule has 1 fully saturated rings. The third kappa shape index (κ3) is 3.66. The molecule has 0 aromatic carbocycles. The highest BCUT2D eigenvalue weighted by Gasteiger charge is 2.15. The van der Waals surface area contributed by atoms with Crippen LogP contribution in [-0.2, 0) is 4.79 Å². The number of likely N-dealkylation sites (tertiary alicyclic amines) is 1. The number of piperidine rings is 1. The first kappa shape index (κ1) is 10.4. The Balaban J connectivity index is 2.24. The molecule has 1 heterocycles. The molecule has 0 saturated carbocycles. The summed E-state index contributed by atoms with van der Waals surface area (Å²) in [7, 11) is 0. The van der Waals surface area contributed by atoms with E-state index in [2.05, 4.69) is 22.4 Å². The van der Waals surface area contributed by atoms with Gasteiger partial charge in [0.2, 0.25) is 5.91 Å². The lowest BCUT2D eigenvalue weighted by molar-refractivity contribution is -0.131. The number of carbonyl (C=O) groups excluding carboxylic acids is 1. The molecule has 0 N–H and O–H groups in total. The van der Waals surface area contributed by atoms with Gasteiger partial charge in [-0.3, -0.25) is 4.79 Å². The van der Waals surface area contributed by atoms with Gasteiger partial charge in [-0.15, -0.1) is 0 Å². The summed E-state index contributed by atoms with van der Waals surface area (Å²) in [6.45, 7) is 2.32.